The fraction of sp³-hybridized carbons (Fsp3) is 0.382. The van der Waals surface area contributed by atoms with Gasteiger partial charge in [-0.2, -0.15) is 0 Å². The zero-order valence-electron chi connectivity index (χ0n) is 50.5. The minimum absolute atomic E-state index is 0.0437. The second-order valence-corrected chi connectivity index (χ2v) is 23.4. The number of carbonyl (C=O) groups excluding carboxylic acids is 4. The van der Waals surface area contributed by atoms with Crippen molar-refractivity contribution in [2.24, 2.45) is 0 Å². The normalized spacial score (nSPS) is 14.9. The van der Waals surface area contributed by atoms with Crippen molar-refractivity contribution in [3.05, 3.63) is 185 Å². The fourth-order valence-electron chi connectivity index (χ4n) is 11.2. The maximum absolute atomic E-state index is 14.8. The van der Waals surface area contributed by atoms with Crippen molar-refractivity contribution in [1.82, 2.24) is 31.2 Å². The Morgan fingerprint density at radius 3 is 1.27 bits per heavy atom. The Hall–Kier alpha value is -8.84. The van der Waals surface area contributed by atoms with Crippen LogP contribution < -0.4 is 51.7 Å². The van der Waals surface area contributed by atoms with Gasteiger partial charge in [-0.15, -0.1) is 0 Å². The number of benzene rings is 4. The Kier molecular flexibility index (Phi) is 20.2. The van der Waals surface area contributed by atoms with Crippen LogP contribution in [0.5, 0.6) is 11.5 Å². The first-order chi connectivity index (χ1) is 41.0. The third-order valence-electron chi connectivity index (χ3n) is 16.1. The summed E-state index contributed by atoms with van der Waals surface area (Å²) in [6, 6.07) is 23.4. The van der Waals surface area contributed by atoms with E-state index in [1.54, 1.807) is 72.4 Å². The second kappa shape index (κ2) is 27.5. The zero-order chi connectivity index (χ0) is 62.0. The number of aryl methyl sites for hydroxylation is 2. The van der Waals surface area contributed by atoms with Gasteiger partial charge in [0.15, 0.2) is 0 Å². The molecule has 0 unspecified atom stereocenters. The first kappa shape index (κ1) is 63.2. The molecule has 86 heavy (non-hydrogen) atoms. The monoisotopic (exact) mass is 1170 g/mol. The minimum atomic E-state index is -0.962. The molecule has 2 aliphatic rings. The van der Waals surface area contributed by atoms with Gasteiger partial charge >= 0.3 is 0 Å². The first-order valence-electron chi connectivity index (χ1n) is 29.0. The Morgan fingerprint density at radius 2 is 0.930 bits per heavy atom. The summed E-state index contributed by atoms with van der Waals surface area (Å²) in [4.78, 5) is 92.8. The molecule has 4 aromatic carbocycles. The molecule has 0 aliphatic carbocycles. The van der Waals surface area contributed by atoms with E-state index in [0.717, 1.165) is 33.4 Å². The van der Waals surface area contributed by atoms with E-state index in [1.807, 2.05) is 79.7 Å². The van der Waals surface area contributed by atoms with Crippen molar-refractivity contribution in [1.29, 1.82) is 0 Å². The SMILES string of the molecule is CC[C@H](NC)C(=O)N[C@@H](Cc1ccc(OCC#CC#CCOc2ccc(C[C@H](NC(=O)[C@H](CC)NC)C(=O)N3CC(C)(C)c4[nH]c(=O)c(Cc5ccc(F)cc5)cc43)c(C)c2)cc1C)C(=O)N1CC(C)(C)c2[nH]c(=O)c(Cc3ccc(F)cc3)cc21. The lowest BCUT2D eigenvalue weighted by Gasteiger charge is -2.28. The molecule has 4 heterocycles. The Bertz CT molecular complexity index is 3510. The standard InChI is InChI=1S/C68H76F2N8O8/c1-11-53(71-9)63(81)73-55(65(83)77-39-67(5,6)59-57(77)37-47(61(79)75-59)33-43-17-23-49(69)24-18-43)35-45-21-27-51(31-41(45)3)85-29-15-13-14-16-30-86-52-28-22-46(42(4)32-52)36-56(74-64(82)54(12-2)72-10)66(84)78-40-68(7,8)60-58(78)38-48(62(80)76-60)34-44-19-25-50(70)26-20-44/h17-28,31-32,37-38,53-56,71-72H,11-12,29-30,33-36,39-40H2,1-10H3,(H,73,81)(H,74,82)(H,75,79)(H,76,80)/t53-,54-,55-,56-/m0/s1. The van der Waals surface area contributed by atoms with Crippen LogP contribution >= 0.6 is 0 Å². The molecule has 0 saturated heterocycles. The number of likely N-dealkylation sites (N-methyl/N-ethyl adjacent to an activating group) is 2. The highest BCUT2D eigenvalue weighted by molar-refractivity contribution is 6.03. The number of hydrogen-bond donors (Lipinski definition) is 6. The molecule has 4 amide bonds. The van der Waals surface area contributed by atoms with Crippen LogP contribution in [-0.4, -0.2) is 98.2 Å². The summed E-state index contributed by atoms with van der Waals surface area (Å²) in [5.74, 6) is 10.5. The number of amides is 4. The third kappa shape index (κ3) is 15.0. The Balaban J connectivity index is 0.891. The number of rotatable bonds is 22. The van der Waals surface area contributed by atoms with Crippen molar-refractivity contribution >= 4 is 35.0 Å². The number of nitrogens with zero attached hydrogens (tertiary/aromatic N) is 2. The molecule has 0 spiro atoms. The van der Waals surface area contributed by atoms with E-state index in [-0.39, 0.29) is 98.4 Å². The summed E-state index contributed by atoms with van der Waals surface area (Å²) < 4.78 is 39.3. The number of carbonyl (C=O) groups is 4. The minimum Gasteiger partial charge on any atom is -0.481 e. The molecule has 18 heteroatoms. The number of fused-ring (bicyclic) bond motifs is 2. The molecule has 16 nitrogen and oxygen atoms in total. The molecule has 0 radical (unpaired) electrons. The Morgan fingerprint density at radius 1 is 0.558 bits per heavy atom. The van der Waals surface area contributed by atoms with E-state index in [4.69, 9.17) is 9.47 Å². The summed E-state index contributed by atoms with van der Waals surface area (Å²) in [6.07, 6.45) is 1.83. The van der Waals surface area contributed by atoms with Crippen molar-refractivity contribution in [3.63, 3.8) is 0 Å². The topological polar surface area (TPSA) is 207 Å². The average Bonchev–Trinajstić information content (AvgIpc) is 1.67. The number of hydrogen-bond acceptors (Lipinski definition) is 10. The van der Waals surface area contributed by atoms with E-state index < -0.39 is 35.0 Å². The lowest BCUT2D eigenvalue weighted by Crippen LogP contribution is -2.54. The van der Waals surface area contributed by atoms with Crippen molar-refractivity contribution in [2.75, 3.05) is 50.2 Å². The summed E-state index contributed by atoms with van der Waals surface area (Å²) in [5, 5.41) is 12.1. The lowest BCUT2D eigenvalue weighted by molar-refractivity contribution is -0.128. The van der Waals surface area contributed by atoms with Crippen molar-refractivity contribution in [3.8, 4) is 35.2 Å². The number of aromatic nitrogens is 2. The van der Waals surface area contributed by atoms with Gasteiger partial charge in [-0.1, -0.05) is 77.9 Å². The number of halogens is 2. The van der Waals surface area contributed by atoms with Crippen LogP contribution in [0.4, 0.5) is 20.2 Å². The third-order valence-corrected chi connectivity index (χ3v) is 16.1. The van der Waals surface area contributed by atoms with Gasteiger partial charge in [0.2, 0.25) is 23.6 Å². The number of nitrogens with one attached hydrogen (secondary N) is 6. The van der Waals surface area contributed by atoms with Gasteiger partial charge in [0.05, 0.1) is 23.5 Å². The van der Waals surface area contributed by atoms with E-state index in [0.29, 0.717) is 58.2 Å². The molecule has 0 saturated carbocycles. The quantitative estimate of drug-likeness (QED) is 0.0374. The predicted molar refractivity (Wildman–Crippen MR) is 330 cm³/mol. The molecule has 6 aromatic rings. The van der Waals surface area contributed by atoms with Crippen LogP contribution in [0, 0.1) is 49.2 Å². The van der Waals surface area contributed by atoms with Crippen LogP contribution in [0.2, 0.25) is 0 Å². The van der Waals surface area contributed by atoms with Crippen LogP contribution in [-0.2, 0) is 55.7 Å². The second-order valence-electron chi connectivity index (χ2n) is 23.4. The highest BCUT2D eigenvalue weighted by Crippen LogP contribution is 2.41. The number of aromatic amines is 2. The fourth-order valence-corrected chi connectivity index (χ4v) is 11.2. The van der Waals surface area contributed by atoms with Crippen LogP contribution in [0.1, 0.15) is 110 Å². The summed E-state index contributed by atoms with van der Waals surface area (Å²) in [6.45, 7) is 16.0. The summed E-state index contributed by atoms with van der Waals surface area (Å²) >= 11 is 0. The summed E-state index contributed by atoms with van der Waals surface area (Å²) in [7, 11) is 3.39. The summed E-state index contributed by atoms with van der Waals surface area (Å²) in [5.41, 5.74) is 6.21. The maximum atomic E-state index is 14.8. The van der Waals surface area contributed by atoms with Gasteiger partial charge in [0.25, 0.3) is 11.1 Å². The van der Waals surface area contributed by atoms with Gasteiger partial charge in [0, 0.05) is 72.1 Å². The number of ether oxygens (including phenoxy) is 2. The van der Waals surface area contributed by atoms with Crippen molar-refractivity contribution < 1.29 is 37.4 Å². The predicted octanol–water partition coefficient (Wildman–Crippen LogP) is 7.30. The van der Waals surface area contributed by atoms with Gasteiger partial charge in [0.1, 0.15) is 48.4 Å². The molecular weight excluding hydrogens is 1090 g/mol. The zero-order valence-corrected chi connectivity index (χ0v) is 50.5. The molecule has 4 atom stereocenters. The molecule has 450 valence electrons. The molecule has 0 fully saturated rings. The van der Waals surface area contributed by atoms with Crippen molar-refractivity contribution in [2.45, 2.75) is 129 Å². The number of anilines is 2. The maximum Gasteiger partial charge on any atom is 0.251 e. The average molecular weight is 1170 g/mol. The smallest absolute Gasteiger partial charge is 0.251 e. The van der Waals surface area contributed by atoms with Gasteiger partial charge in [-0.05, 0) is 159 Å². The van der Waals surface area contributed by atoms with E-state index in [2.05, 4.69) is 54.9 Å². The molecule has 0 bridgehead atoms. The molecule has 2 aliphatic heterocycles. The largest absolute Gasteiger partial charge is 0.481 e. The first-order valence-corrected chi connectivity index (χ1v) is 29.0. The Labute approximate surface area is 501 Å². The molecule has 8 rings (SSSR count). The number of pyridine rings is 2. The van der Waals surface area contributed by atoms with E-state index in [1.165, 1.54) is 24.3 Å². The van der Waals surface area contributed by atoms with Gasteiger partial charge in [-0.25, -0.2) is 8.78 Å². The number of H-pyrrole nitrogens is 2. The van der Waals surface area contributed by atoms with Gasteiger partial charge in [-0.3, -0.25) is 28.8 Å². The molecular formula is C68H76F2N8O8. The highest BCUT2D eigenvalue weighted by Gasteiger charge is 2.44. The van der Waals surface area contributed by atoms with Gasteiger partial charge < -0.3 is 50.5 Å². The lowest BCUT2D eigenvalue weighted by atomic mass is 9.91. The van der Waals surface area contributed by atoms with Crippen LogP contribution in [0.25, 0.3) is 0 Å². The molecule has 2 aromatic heterocycles. The van der Waals surface area contributed by atoms with Crippen LogP contribution in [0.3, 0.4) is 0 Å². The van der Waals surface area contributed by atoms with E-state index >= 15 is 0 Å². The van der Waals surface area contributed by atoms with E-state index in [9.17, 15) is 37.5 Å². The highest BCUT2D eigenvalue weighted by atomic mass is 19.1. The van der Waals surface area contributed by atoms with Crippen LogP contribution in [0.15, 0.2) is 107 Å². The molecule has 6 N–H and O–H groups in total.